The second kappa shape index (κ2) is 7.32. The number of amides is 2. The number of likely N-dealkylation sites (N-methyl/N-ethyl adjacent to an activating group) is 1. The van der Waals surface area contributed by atoms with Crippen LogP contribution >= 0.6 is 0 Å². The molecule has 0 aliphatic rings. The topological polar surface area (TPSA) is 103 Å². The maximum atomic E-state index is 11.7. The van der Waals surface area contributed by atoms with Crippen LogP contribution in [-0.4, -0.2) is 58.3 Å². The molecule has 0 aliphatic carbocycles. The zero-order valence-corrected chi connectivity index (χ0v) is 10.6. The number of carboxylic acids is 1. The molecule has 0 aromatic carbocycles. The number of hydrogen-bond acceptors (Lipinski definition) is 4. The molecule has 0 radical (unpaired) electrons. The quantitative estimate of drug-likeness (QED) is 0.657. The van der Waals surface area contributed by atoms with E-state index in [0.717, 1.165) is 5.69 Å². The Balaban J connectivity index is 2.42. The van der Waals surface area contributed by atoms with Crippen molar-refractivity contribution in [3.63, 3.8) is 0 Å². The number of pyridine rings is 1. The van der Waals surface area contributed by atoms with Crippen LogP contribution in [0.2, 0.25) is 0 Å². The van der Waals surface area contributed by atoms with Gasteiger partial charge in [-0.25, -0.2) is 9.59 Å². The number of aromatic nitrogens is 1. The molecule has 0 bridgehead atoms. The number of carbonyl (C=O) groups excluding carboxylic acids is 1. The van der Waals surface area contributed by atoms with Crippen LogP contribution in [0.3, 0.4) is 0 Å². The van der Waals surface area contributed by atoms with E-state index >= 15 is 0 Å². The van der Waals surface area contributed by atoms with Gasteiger partial charge in [0.15, 0.2) is 6.04 Å². The predicted molar refractivity (Wildman–Crippen MR) is 67.6 cm³/mol. The van der Waals surface area contributed by atoms with E-state index in [1.54, 1.807) is 19.3 Å². The third kappa shape index (κ3) is 4.92. The molecule has 0 saturated heterocycles. The Morgan fingerprint density at radius 3 is 2.74 bits per heavy atom. The number of carboxylic acid groups (broad SMARTS) is 1. The number of nitrogens with one attached hydrogen (secondary N) is 1. The highest BCUT2D eigenvalue weighted by Crippen LogP contribution is 1.97. The molecule has 2 amide bonds. The fraction of sp³-hybridized carbons (Fsp3) is 0.417. The van der Waals surface area contributed by atoms with Gasteiger partial charge in [0, 0.05) is 31.9 Å². The minimum atomic E-state index is -1.29. The van der Waals surface area contributed by atoms with E-state index in [1.807, 2.05) is 12.1 Å². The first kappa shape index (κ1) is 14.9. The molecule has 1 unspecified atom stereocenters. The summed E-state index contributed by atoms with van der Waals surface area (Å²) in [6, 6.07) is 3.68. The largest absolute Gasteiger partial charge is 0.480 e. The first-order valence-electron chi connectivity index (χ1n) is 5.79. The molecule has 1 heterocycles. The molecule has 1 aromatic heterocycles. The smallest absolute Gasteiger partial charge is 0.328 e. The second-order valence-electron chi connectivity index (χ2n) is 4.02. The minimum Gasteiger partial charge on any atom is -0.480 e. The van der Waals surface area contributed by atoms with E-state index in [-0.39, 0.29) is 0 Å². The third-order valence-corrected chi connectivity index (χ3v) is 2.55. The number of aliphatic carboxylic acids is 1. The summed E-state index contributed by atoms with van der Waals surface area (Å²) in [5.41, 5.74) is 0.846. The number of aliphatic hydroxyl groups is 1. The molecule has 0 aliphatic heterocycles. The monoisotopic (exact) mass is 267 g/mol. The number of hydrogen-bond donors (Lipinski definition) is 3. The number of carbonyl (C=O) groups is 2. The lowest BCUT2D eigenvalue weighted by Crippen LogP contribution is -2.48. The van der Waals surface area contributed by atoms with Crippen molar-refractivity contribution in [2.24, 2.45) is 0 Å². The van der Waals surface area contributed by atoms with E-state index in [2.05, 4.69) is 10.3 Å². The van der Waals surface area contributed by atoms with Crippen molar-refractivity contribution in [1.29, 1.82) is 0 Å². The van der Waals surface area contributed by atoms with Crippen molar-refractivity contribution < 1.29 is 19.8 Å². The van der Waals surface area contributed by atoms with Gasteiger partial charge in [0.1, 0.15) is 0 Å². The van der Waals surface area contributed by atoms with Gasteiger partial charge in [0.05, 0.1) is 6.61 Å². The van der Waals surface area contributed by atoms with Crippen molar-refractivity contribution in [3.8, 4) is 0 Å². The highest BCUT2D eigenvalue weighted by atomic mass is 16.4. The molecule has 1 atom stereocenters. The molecular formula is C12H17N3O4. The number of nitrogens with zero attached hydrogens (tertiary/aromatic N) is 2. The number of rotatable bonds is 6. The molecule has 7 nitrogen and oxygen atoms in total. The van der Waals surface area contributed by atoms with Crippen LogP contribution in [0.15, 0.2) is 24.4 Å². The van der Waals surface area contributed by atoms with Gasteiger partial charge in [-0.2, -0.15) is 0 Å². The van der Waals surface area contributed by atoms with Gasteiger partial charge in [-0.15, -0.1) is 0 Å². The minimum absolute atomic E-state index is 0.403. The Kier molecular flexibility index (Phi) is 5.74. The third-order valence-electron chi connectivity index (χ3n) is 2.55. The summed E-state index contributed by atoms with van der Waals surface area (Å²) in [7, 11) is 1.55. The Morgan fingerprint density at radius 2 is 2.21 bits per heavy atom. The van der Waals surface area contributed by atoms with Crippen molar-refractivity contribution in [3.05, 3.63) is 30.1 Å². The Labute approximate surface area is 110 Å². The lowest BCUT2D eigenvalue weighted by Gasteiger charge is -2.20. The van der Waals surface area contributed by atoms with Crippen LogP contribution in [0.1, 0.15) is 5.69 Å². The van der Waals surface area contributed by atoms with Gasteiger partial charge in [-0.1, -0.05) is 6.07 Å². The highest BCUT2D eigenvalue weighted by molar-refractivity contribution is 5.82. The molecule has 1 rings (SSSR count). The van der Waals surface area contributed by atoms with Gasteiger partial charge in [-0.3, -0.25) is 4.98 Å². The molecule has 0 saturated carbocycles. The van der Waals surface area contributed by atoms with Crippen LogP contribution in [0.5, 0.6) is 0 Å². The summed E-state index contributed by atoms with van der Waals surface area (Å²) >= 11 is 0. The fourth-order valence-electron chi connectivity index (χ4n) is 1.37. The highest BCUT2D eigenvalue weighted by Gasteiger charge is 2.20. The lowest BCUT2D eigenvalue weighted by atomic mass is 10.2. The van der Waals surface area contributed by atoms with Crippen LogP contribution < -0.4 is 5.32 Å². The second-order valence-corrected chi connectivity index (χ2v) is 4.02. The van der Waals surface area contributed by atoms with Gasteiger partial charge in [0.25, 0.3) is 0 Å². The predicted octanol–water partition coefficient (Wildman–Crippen LogP) is -0.289. The van der Waals surface area contributed by atoms with Crippen LogP contribution in [0, 0.1) is 0 Å². The van der Waals surface area contributed by atoms with E-state index in [1.165, 1.54) is 4.90 Å². The summed E-state index contributed by atoms with van der Waals surface area (Å²) in [5.74, 6) is -1.27. The van der Waals surface area contributed by atoms with E-state index in [9.17, 15) is 9.59 Å². The zero-order valence-electron chi connectivity index (χ0n) is 10.6. The normalized spacial score (nSPS) is 11.7. The molecule has 104 valence electrons. The van der Waals surface area contributed by atoms with E-state index in [0.29, 0.717) is 13.0 Å². The summed E-state index contributed by atoms with van der Waals surface area (Å²) in [6.07, 6.45) is 2.24. The summed E-state index contributed by atoms with van der Waals surface area (Å²) in [4.78, 5) is 27.8. The van der Waals surface area contributed by atoms with Crippen LogP contribution in [-0.2, 0) is 11.2 Å². The zero-order chi connectivity index (χ0) is 14.3. The van der Waals surface area contributed by atoms with Gasteiger partial charge < -0.3 is 20.4 Å². The Morgan fingerprint density at radius 1 is 1.47 bits per heavy atom. The average molecular weight is 267 g/mol. The first-order valence-corrected chi connectivity index (χ1v) is 5.79. The summed E-state index contributed by atoms with van der Waals surface area (Å²) < 4.78 is 0. The summed E-state index contributed by atoms with van der Waals surface area (Å²) in [6.45, 7) is -0.240. The molecule has 1 aromatic rings. The summed E-state index contributed by atoms with van der Waals surface area (Å²) in [5, 5.41) is 19.7. The average Bonchev–Trinajstić information content (AvgIpc) is 2.42. The van der Waals surface area contributed by atoms with Gasteiger partial charge in [-0.05, 0) is 12.1 Å². The van der Waals surface area contributed by atoms with E-state index in [4.69, 9.17) is 10.2 Å². The van der Waals surface area contributed by atoms with Crippen molar-refractivity contribution in [2.75, 3.05) is 20.2 Å². The van der Waals surface area contributed by atoms with Gasteiger partial charge in [0.2, 0.25) is 0 Å². The Hall–Kier alpha value is -2.15. The van der Waals surface area contributed by atoms with E-state index < -0.39 is 24.6 Å². The fourth-order valence-corrected chi connectivity index (χ4v) is 1.37. The molecule has 0 fully saturated rings. The standard InChI is InChI=1S/C12H17N3O4/c1-15(7-5-9-4-2-3-6-13-9)12(19)14-10(8-16)11(17)18/h2-4,6,10,16H,5,7-8H2,1H3,(H,14,19)(H,17,18). The lowest BCUT2D eigenvalue weighted by molar-refractivity contribution is -0.140. The van der Waals surface area contributed by atoms with Crippen LogP contribution in [0.4, 0.5) is 4.79 Å². The Bertz CT molecular complexity index is 424. The van der Waals surface area contributed by atoms with Crippen molar-refractivity contribution in [2.45, 2.75) is 12.5 Å². The van der Waals surface area contributed by atoms with Crippen LogP contribution in [0.25, 0.3) is 0 Å². The maximum Gasteiger partial charge on any atom is 0.328 e. The SMILES string of the molecule is CN(CCc1ccccn1)C(=O)NC(CO)C(=O)O. The van der Waals surface area contributed by atoms with Gasteiger partial charge >= 0.3 is 12.0 Å². The number of urea groups is 1. The molecule has 19 heavy (non-hydrogen) atoms. The number of aliphatic hydroxyl groups excluding tert-OH is 1. The van der Waals surface area contributed by atoms with Crippen molar-refractivity contribution >= 4 is 12.0 Å². The van der Waals surface area contributed by atoms with Crippen molar-refractivity contribution in [1.82, 2.24) is 15.2 Å². The molecule has 0 spiro atoms. The maximum absolute atomic E-state index is 11.7. The molecule has 7 heteroatoms. The molecular weight excluding hydrogens is 250 g/mol. The molecule has 3 N–H and O–H groups in total. The first-order chi connectivity index (χ1) is 9.04.